The van der Waals surface area contributed by atoms with Crippen molar-refractivity contribution in [3.63, 3.8) is 0 Å². The first-order chi connectivity index (χ1) is 9.09. The third-order valence-electron chi connectivity index (χ3n) is 3.21. The van der Waals surface area contributed by atoms with Crippen LogP contribution in [-0.4, -0.2) is 17.5 Å². The van der Waals surface area contributed by atoms with E-state index in [0.717, 1.165) is 0 Å². The Balaban J connectivity index is 2.27. The van der Waals surface area contributed by atoms with Gasteiger partial charge in [0.05, 0.1) is 0 Å². The van der Waals surface area contributed by atoms with Crippen molar-refractivity contribution >= 4 is 17.5 Å². The van der Waals surface area contributed by atoms with E-state index in [1.165, 1.54) is 18.2 Å². The number of rotatable bonds is 1. The zero-order valence-corrected chi connectivity index (χ0v) is 9.84. The molecular weight excluding hydrogens is 242 g/mol. The Bertz CT molecular complexity index is 747. The van der Waals surface area contributed by atoms with E-state index in [1.54, 1.807) is 24.3 Å². The van der Waals surface area contributed by atoms with Crippen LogP contribution < -0.4 is 5.73 Å². The Kier molecular flexibility index (Phi) is 2.32. The monoisotopic (exact) mass is 251 g/mol. The number of ketones is 2. The highest BCUT2D eigenvalue weighted by Crippen LogP contribution is 2.27. The van der Waals surface area contributed by atoms with Crippen LogP contribution in [0.25, 0.3) is 0 Å². The summed E-state index contributed by atoms with van der Waals surface area (Å²) in [6.45, 7) is 0. The molecule has 0 fully saturated rings. The second kappa shape index (κ2) is 3.88. The van der Waals surface area contributed by atoms with Crippen LogP contribution in [0.15, 0.2) is 42.5 Å². The fraction of sp³-hybridized carbons (Fsp3) is 0. The highest BCUT2D eigenvalue weighted by atomic mass is 16.1. The van der Waals surface area contributed by atoms with Gasteiger partial charge in [-0.15, -0.1) is 0 Å². The first kappa shape index (κ1) is 11.3. The molecule has 0 unspecified atom stereocenters. The molecule has 1 aliphatic carbocycles. The summed E-state index contributed by atoms with van der Waals surface area (Å²) >= 11 is 0. The fourth-order valence-electron chi connectivity index (χ4n) is 2.25. The Morgan fingerprint density at radius 1 is 0.789 bits per heavy atom. The molecule has 0 heterocycles. The first-order valence-electron chi connectivity index (χ1n) is 5.72. The summed E-state index contributed by atoms with van der Waals surface area (Å²) in [7, 11) is 0. The zero-order valence-electron chi connectivity index (χ0n) is 9.84. The molecule has 0 aromatic heterocycles. The Labute approximate surface area is 108 Å². The van der Waals surface area contributed by atoms with Gasteiger partial charge in [-0.1, -0.05) is 24.3 Å². The van der Waals surface area contributed by atoms with Crippen LogP contribution in [0, 0.1) is 0 Å². The predicted octanol–water partition coefficient (Wildman–Crippen LogP) is 1.56. The molecule has 2 aromatic rings. The number of fused-ring (bicyclic) bond motifs is 2. The minimum absolute atomic E-state index is 0.207. The Morgan fingerprint density at radius 3 is 1.89 bits per heavy atom. The average Bonchev–Trinajstić information content (AvgIpc) is 2.44. The first-order valence-corrected chi connectivity index (χ1v) is 5.72. The molecule has 1 amide bonds. The van der Waals surface area contributed by atoms with E-state index < -0.39 is 5.91 Å². The third-order valence-corrected chi connectivity index (χ3v) is 3.21. The molecule has 0 radical (unpaired) electrons. The summed E-state index contributed by atoms with van der Waals surface area (Å²) in [4.78, 5) is 35.7. The number of hydrogen-bond acceptors (Lipinski definition) is 3. The lowest BCUT2D eigenvalue weighted by Crippen LogP contribution is -2.22. The number of nitrogens with two attached hydrogens (primary N) is 1. The van der Waals surface area contributed by atoms with Crippen LogP contribution >= 0.6 is 0 Å². The number of primary amides is 1. The number of carbonyl (C=O) groups excluding carboxylic acids is 3. The number of amides is 1. The van der Waals surface area contributed by atoms with E-state index in [4.69, 9.17) is 5.73 Å². The van der Waals surface area contributed by atoms with Crippen molar-refractivity contribution in [2.24, 2.45) is 5.73 Å². The quantitative estimate of drug-likeness (QED) is 0.713. The Morgan fingerprint density at radius 2 is 1.32 bits per heavy atom. The molecule has 3 rings (SSSR count). The lowest BCUT2D eigenvalue weighted by Gasteiger charge is -2.17. The summed E-state index contributed by atoms with van der Waals surface area (Å²) in [6.07, 6.45) is 0. The fourth-order valence-corrected chi connectivity index (χ4v) is 2.25. The molecular formula is C15H9NO3. The standard InChI is InChI=1S/C15H9NO3/c16-15(19)8-5-6-11-12(7-8)14(18)10-4-2-1-3-9(10)13(11)17/h1-7H,(H2,16,19). The van der Waals surface area contributed by atoms with Gasteiger partial charge in [0.25, 0.3) is 0 Å². The highest BCUT2D eigenvalue weighted by molar-refractivity contribution is 6.28. The topological polar surface area (TPSA) is 77.2 Å². The average molecular weight is 251 g/mol. The van der Waals surface area contributed by atoms with E-state index in [1.807, 2.05) is 0 Å². The largest absolute Gasteiger partial charge is 0.366 e. The van der Waals surface area contributed by atoms with Gasteiger partial charge >= 0.3 is 0 Å². The van der Waals surface area contributed by atoms with Gasteiger partial charge in [-0.2, -0.15) is 0 Å². The van der Waals surface area contributed by atoms with E-state index >= 15 is 0 Å². The lowest BCUT2D eigenvalue weighted by atomic mass is 9.83. The van der Waals surface area contributed by atoms with Gasteiger partial charge in [0.15, 0.2) is 11.6 Å². The lowest BCUT2D eigenvalue weighted by molar-refractivity contribution is 0.0976. The van der Waals surface area contributed by atoms with Gasteiger partial charge in [-0.25, -0.2) is 0 Å². The van der Waals surface area contributed by atoms with Crippen LogP contribution in [0.3, 0.4) is 0 Å². The van der Waals surface area contributed by atoms with E-state index in [0.29, 0.717) is 16.7 Å². The van der Waals surface area contributed by atoms with Crippen molar-refractivity contribution in [3.05, 3.63) is 70.3 Å². The van der Waals surface area contributed by atoms with Crippen molar-refractivity contribution in [3.8, 4) is 0 Å². The molecule has 0 aliphatic heterocycles. The van der Waals surface area contributed by atoms with Gasteiger partial charge in [-0.05, 0) is 18.2 Å². The van der Waals surface area contributed by atoms with Crippen molar-refractivity contribution in [2.45, 2.75) is 0 Å². The summed E-state index contributed by atoms with van der Waals surface area (Å²) in [5.41, 5.74) is 6.72. The van der Waals surface area contributed by atoms with E-state index in [2.05, 4.69) is 0 Å². The molecule has 4 heteroatoms. The minimum Gasteiger partial charge on any atom is -0.366 e. The van der Waals surface area contributed by atoms with Gasteiger partial charge in [-0.3, -0.25) is 14.4 Å². The van der Waals surface area contributed by atoms with Crippen LogP contribution in [-0.2, 0) is 0 Å². The van der Waals surface area contributed by atoms with Gasteiger partial charge in [0.1, 0.15) is 0 Å². The van der Waals surface area contributed by atoms with E-state index in [9.17, 15) is 14.4 Å². The molecule has 0 atom stereocenters. The molecule has 92 valence electrons. The van der Waals surface area contributed by atoms with Crippen molar-refractivity contribution in [2.75, 3.05) is 0 Å². The molecule has 0 saturated heterocycles. The summed E-state index contributed by atoms with van der Waals surface area (Å²) < 4.78 is 0. The number of benzene rings is 2. The maximum absolute atomic E-state index is 12.3. The van der Waals surface area contributed by atoms with Crippen molar-refractivity contribution in [1.29, 1.82) is 0 Å². The molecule has 2 aromatic carbocycles. The van der Waals surface area contributed by atoms with Gasteiger partial charge in [0.2, 0.25) is 5.91 Å². The van der Waals surface area contributed by atoms with E-state index in [-0.39, 0.29) is 22.7 Å². The van der Waals surface area contributed by atoms with Crippen LogP contribution in [0.5, 0.6) is 0 Å². The second-order valence-corrected chi connectivity index (χ2v) is 4.33. The molecule has 19 heavy (non-hydrogen) atoms. The molecule has 1 aliphatic rings. The second-order valence-electron chi connectivity index (χ2n) is 4.33. The normalized spacial score (nSPS) is 12.8. The molecule has 4 nitrogen and oxygen atoms in total. The Hall–Kier alpha value is -2.75. The van der Waals surface area contributed by atoms with Crippen LogP contribution in [0.2, 0.25) is 0 Å². The van der Waals surface area contributed by atoms with Crippen molar-refractivity contribution in [1.82, 2.24) is 0 Å². The van der Waals surface area contributed by atoms with Crippen LogP contribution in [0.1, 0.15) is 42.2 Å². The predicted molar refractivity (Wildman–Crippen MR) is 68.3 cm³/mol. The SMILES string of the molecule is NC(=O)c1ccc2c(c1)C(=O)c1ccccc1C2=O. The smallest absolute Gasteiger partial charge is 0.248 e. The highest BCUT2D eigenvalue weighted by Gasteiger charge is 2.29. The van der Waals surface area contributed by atoms with Gasteiger partial charge < -0.3 is 5.73 Å². The number of carbonyl (C=O) groups is 3. The number of hydrogen-bond donors (Lipinski definition) is 1. The van der Waals surface area contributed by atoms with Crippen molar-refractivity contribution < 1.29 is 14.4 Å². The minimum atomic E-state index is -0.623. The summed E-state index contributed by atoms with van der Waals surface area (Å²) in [5, 5.41) is 0. The maximum Gasteiger partial charge on any atom is 0.248 e. The third kappa shape index (κ3) is 1.57. The summed E-state index contributed by atoms with van der Waals surface area (Å²) in [5.74, 6) is -1.09. The molecule has 2 N–H and O–H groups in total. The maximum atomic E-state index is 12.3. The molecule has 0 bridgehead atoms. The van der Waals surface area contributed by atoms with Crippen LogP contribution in [0.4, 0.5) is 0 Å². The molecule has 0 spiro atoms. The van der Waals surface area contributed by atoms with Gasteiger partial charge in [0, 0.05) is 27.8 Å². The zero-order chi connectivity index (χ0) is 13.6. The molecule has 0 saturated carbocycles. The summed E-state index contributed by atoms with van der Waals surface area (Å²) in [6, 6.07) is 11.0.